The number of benzene rings is 1. The summed E-state index contributed by atoms with van der Waals surface area (Å²) in [6, 6.07) is 6.36. The Bertz CT molecular complexity index is 619. The zero-order valence-electron chi connectivity index (χ0n) is 11.0. The van der Waals surface area contributed by atoms with E-state index in [1.807, 2.05) is 0 Å². The number of nitrogens with zero attached hydrogens (tertiary/aromatic N) is 2. The molecule has 0 saturated carbocycles. The van der Waals surface area contributed by atoms with Crippen LogP contribution in [0.1, 0.15) is 22.1 Å². The number of esters is 1. The van der Waals surface area contributed by atoms with Crippen LogP contribution in [0.2, 0.25) is 0 Å². The van der Waals surface area contributed by atoms with Crippen LogP contribution in [0.3, 0.4) is 0 Å². The van der Waals surface area contributed by atoms with Gasteiger partial charge in [-0.2, -0.15) is 4.98 Å². The molecule has 2 aromatic rings. The second-order valence-corrected chi connectivity index (χ2v) is 4.03. The lowest BCUT2D eigenvalue weighted by Gasteiger charge is -2.04. The SMILES string of the molecule is COC(=O)c1ccc(NC(=O)Cc2nc(C)no2)cc1. The molecule has 0 unspecified atom stereocenters. The first-order chi connectivity index (χ1) is 9.58. The molecule has 0 radical (unpaired) electrons. The van der Waals surface area contributed by atoms with Crippen LogP contribution in [0, 0.1) is 6.92 Å². The number of nitrogens with one attached hydrogen (secondary N) is 1. The van der Waals surface area contributed by atoms with E-state index < -0.39 is 5.97 Å². The van der Waals surface area contributed by atoms with Crippen LogP contribution in [0.5, 0.6) is 0 Å². The molecule has 0 fully saturated rings. The maximum Gasteiger partial charge on any atom is 0.337 e. The molecule has 2 rings (SSSR count). The van der Waals surface area contributed by atoms with Crippen molar-refractivity contribution in [3.8, 4) is 0 Å². The molecule has 1 heterocycles. The van der Waals surface area contributed by atoms with Gasteiger partial charge in [0.2, 0.25) is 11.8 Å². The Balaban J connectivity index is 1.96. The summed E-state index contributed by atoms with van der Waals surface area (Å²) in [5.41, 5.74) is 0.983. The second-order valence-electron chi connectivity index (χ2n) is 4.03. The summed E-state index contributed by atoms with van der Waals surface area (Å²) in [5, 5.41) is 6.26. The van der Waals surface area contributed by atoms with E-state index in [1.165, 1.54) is 7.11 Å². The van der Waals surface area contributed by atoms with E-state index >= 15 is 0 Å². The van der Waals surface area contributed by atoms with E-state index in [9.17, 15) is 9.59 Å². The number of aryl methyl sites for hydroxylation is 1. The van der Waals surface area contributed by atoms with Crippen LogP contribution in [-0.2, 0) is 16.0 Å². The van der Waals surface area contributed by atoms with Crippen LogP contribution in [0.25, 0.3) is 0 Å². The van der Waals surface area contributed by atoms with Gasteiger partial charge in [0.05, 0.1) is 12.7 Å². The summed E-state index contributed by atoms with van der Waals surface area (Å²) in [6.07, 6.45) is -0.000404. The van der Waals surface area contributed by atoms with Gasteiger partial charge >= 0.3 is 5.97 Å². The average molecular weight is 275 g/mol. The molecule has 1 amide bonds. The van der Waals surface area contributed by atoms with E-state index in [0.717, 1.165) is 0 Å². The largest absolute Gasteiger partial charge is 0.465 e. The minimum atomic E-state index is -0.427. The normalized spacial score (nSPS) is 10.1. The summed E-state index contributed by atoms with van der Waals surface area (Å²) in [4.78, 5) is 26.9. The quantitative estimate of drug-likeness (QED) is 0.846. The number of carbonyl (C=O) groups excluding carboxylic acids is 2. The molecule has 0 aliphatic carbocycles. The fraction of sp³-hybridized carbons (Fsp3) is 0.231. The van der Waals surface area contributed by atoms with E-state index in [1.54, 1.807) is 31.2 Å². The fourth-order valence-electron chi connectivity index (χ4n) is 1.56. The van der Waals surface area contributed by atoms with Gasteiger partial charge < -0.3 is 14.6 Å². The topological polar surface area (TPSA) is 94.3 Å². The summed E-state index contributed by atoms with van der Waals surface area (Å²) >= 11 is 0. The van der Waals surface area contributed by atoms with Crippen molar-refractivity contribution in [2.45, 2.75) is 13.3 Å². The molecule has 20 heavy (non-hydrogen) atoms. The van der Waals surface area contributed by atoms with E-state index in [0.29, 0.717) is 17.1 Å². The van der Waals surface area contributed by atoms with E-state index in [-0.39, 0.29) is 18.2 Å². The number of aromatic nitrogens is 2. The van der Waals surface area contributed by atoms with Crippen molar-refractivity contribution in [1.82, 2.24) is 10.1 Å². The minimum Gasteiger partial charge on any atom is -0.465 e. The third-order valence-corrected chi connectivity index (χ3v) is 2.47. The molecular weight excluding hydrogens is 262 g/mol. The predicted molar refractivity (Wildman–Crippen MR) is 69.2 cm³/mol. The van der Waals surface area contributed by atoms with Crippen molar-refractivity contribution >= 4 is 17.6 Å². The van der Waals surface area contributed by atoms with Gasteiger partial charge in [-0.15, -0.1) is 0 Å². The monoisotopic (exact) mass is 275 g/mol. The Labute approximate surface area is 114 Å². The maximum absolute atomic E-state index is 11.7. The van der Waals surface area contributed by atoms with Crippen LogP contribution in [0.15, 0.2) is 28.8 Å². The van der Waals surface area contributed by atoms with Crippen molar-refractivity contribution in [1.29, 1.82) is 0 Å². The Kier molecular flexibility index (Phi) is 4.09. The molecule has 0 atom stereocenters. The molecule has 7 nitrogen and oxygen atoms in total. The average Bonchev–Trinajstić information content (AvgIpc) is 2.84. The molecular formula is C13H13N3O4. The number of hydrogen-bond donors (Lipinski definition) is 1. The molecule has 0 aliphatic rings. The van der Waals surface area contributed by atoms with E-state index in [4.69, 9.17) is 4.52 Å². The highest BCUT2D eigenvalue weighted by Crippen LogP contribution is 2.11. The Hall–Kier alpha value is -2.70. The van der Waals surface area contributed by atoms with Crippen molar-refractivity contribution in [3.05, 3.63) is 41.5 Å². The molecule has 7 heteroatoms. The Morgan fingerprint density at radius 3 is 2.55 bits per heavy atom. The van der Waals surface area contributed by atoms with Crippen molar-refractivity contribution in [2.75, 3.05) is 12.4 Å². The van der Waals surface area contributed by atoms with Gasteiger partial charge in [0.15, 0.2) is 5.82 Å². The molecule has 0 bridgehead atoms. The molecule has 0 aliphatic heterocycles. The highest BCUT2D eigenvalue weighted by atomic mass is 16.5. The molecule has 1 N–H and O–H groups in total. The van der Waals surface area contributed by atoms with Gasteiger partial charge in [-0.25, -0.2) is 4.79 Å². The van der Waals surface area contributed by atoms with Gasteiger partial charge in [0.25, 0.3) is 0 Å². The van der Waals surface area contributed by atoms with Crippen LogP contribution < -0.4 is 5.32 Å². The van der Waals surface area contributed by atoms with Crippen LogP contribution >= 0.6 is 0 Å². The summed E-state index contributed by atoms with van der Waals surface area (Å²) in [5.74, 6) is 0.0325. The first kappa shape index (κ1) is 13.7. The number of carbonyl (C=O) groups is 2. The first-order valence-electron chi connectivity index (χ1n) is 5.86. The Morgan fingerprint density at radius 2 is 2.00 bits per heavy atom. The van der Waals surface area contributed by atoms with Gasteiger partial charge in [0, 0.05) is 5.69 Å². The standard InChI is InChI=1S/C13H13N3O4/c1-8-14-12(20-16-8)7-11(17)15-10-5-3-9(4-6-10)13(18)19-2/h3-6H,7H2,1-2H3,(H,15,17). The lowest BCUT2D eigenvalue weighted by molar-refractivity contribution is -0.115. The van der Waals surface area contributed by atoms with Gasteiger partial charge in [-0.05, 0) is 31.2 Å². The Morgan fingerprint density at radius 1 is 1.30 bits per heavy atom. The van der Waals surface area contributed by atoms with Crippen LogP contribution in [-0.4, -0.2) is 29.1 Å². The summed E-state index contributed by atoms with van der Waals surface area (Å²) in [7, 11) is 1.31. The molecule has 1 aromatic carbocycles. The molecule has 0 saturated heterocycles. The summed E-state index contributed by atoms with van der Waals surface area (Å²) in [6.45, 7) is 1.68. The molecule has 104 valence electrons. The zero-order chi connectivity index (χ0) is 14.5. The number of amides is 1. The van der Waals surface area contributed by atoms with Crippen molar-refractivity contribution in [2.24, 2.45) is 0 Å². The van der Waals surface area contributed by atoms with Gasteiger partial charge in [-0.1, -0.05) is 5.16 Å². The van der Waals surface area contributed by atoms with E-state index in [2.05, 4.69) is 20.2 Å². The molecule has 0 spiro atoms. The smallest absolute Gasteiger partial charge is 0.337 e. The van der Waals surface area contributed by atoms with Gasteiger partial charge in [0.1, 0.15) is 6.42 Å². The predicted octanol–water partition coefficient (Wildman–Crippen LogP) is 1.35. The third kappa shape index (κ3) is 3.41. The van der Waals surface area contributed by atoms with Crippen molar-refractivity contribution < 1.29 is 18.8 Å². The second kappa shape index (κ2) is 5.96. The lowest BCUT2D eigenvalue weighted by atomic mass is 10.2. The minimum absolute atomic E-state index is 0.000404. The summed E-state index contributed by atoms with van der Waals surface area (Å²) < 4.78 is 9.44. The fourth-order valence-corrected chi connectivity index (χ4v) is 1.56. The maximum atomic E-state index is 11.7. The van der Waals surface area contributed by atoms with Gasteiger partial charge in [-0.3, -0.25) is 4.79 Å². The number of methoxy groups -OCH3 is 1. The third-order valence-electron chi connectivity index (χ3n) is 2.47. The number of anilines is 1. The number of hydrogen-bond acceptors (Lipinski definition) is 6. The molecule has 1 aromatic heterocycles. The van der Waals surface area contributed by atoms with Crippen LogP contribution in [0.4, 0.5) is 5.69 Å². The first-order valence-corrected chi connectivity index (χ1v) is 5.86. The zero-order valence-corrected chi connectivity index (χ0v) is 11.0. The van der Waals surface area contributed by atoms with Crippen molar-refractivity contribution in [3.63, 3.8) is 0 Å². The highest BCUT2D eigenvalue weighted by Gasteiger charge is 2.10. The highest BCUT2D eigenvalue weighted by molar-refractivity contribution is 5.93. The number of rotatable bonds is 4. The number of ether oxygens (including phenoxy) is 1. The lowest BCUT2D eigenvalue weighted by Crippen LogP contribution is -2.14.